The van der Waals surface area contributed by atoms with Gasteiger partial charge in [-0.25, -0.2) is 0 Å². The smallest absolute Gasteiger partial charge is 0.252 e. The molecule has 5 nitrogen and oxygen atoms in total. The maximum absolute atomic E-state index is 13.2. The standard InChI is InChI=1S/C31H34N2O3/c1-4-33(5-2)22-26-17-15-24(16-18-26)19-20-27-13-9-10-14-28(27)31(36)32-29(30(35)23(3)34)21-25-11-7-6-8-12-25/h6-20,29H,4-5,21-22H2,1-3H3,(H,32,36)/b20-19+. The largest absolute Gasteiger partial charge is 0.341 e. The van der Waals surface area contributed by atoms with Gasteiger partial charge in [-0.3, -0.25) is 19.3 Å². The van der Waals surface area contributed by atoms with Gasteiger partial charge >= 0.3 is 0 Å². The zero-order valence-corrected chi connectivity index (χ0v) is 21.2. The van der Waals surface area contributed by atoms with Crippen molar-refractivity contribution >= 4 is 29.6 Å². The molecule has 3 rings (SSSR count). The number of amides is 1. The first-order valence-electron chi connectivity index (χ1n) is 12.4. The van der Waals surface area contributed by atoms with Gasteiger partial charge in [0.1, 0.15) is 0 Å². The molecule has 0 aliphatic rings. The summed E-state index contributed by atoms with van der Waals surface area (Å²) in [6.07, 6.45) is 4.12. The van der Waals surface area contributed by atoms with Gasteiger partial charge in [0.15, 0.2) is 5.78 Å². The zero-order chi connectivity index (χ0) is 25.9. The van der Waals surface area contributed by atoms with E-state index in [0.717, 1.165) is 36.3 Å². The van der Waals surface area contributed by atoms with Crippen molar-refractivity contribution < 1.29 is 14.4 Å². The molecule has 0 aliphatic carbocycles. The Balaban J connectivity index is 1.76. The summed E-state index contributed by atoms with van der Waals surface area (Å²) in [7, 11) is 0. The number of carbonyl (C=O) groups excluding carboxylic acids is 3. The molecule has 1 amide bonds. The molecule has 0 fully saturated rings. The molecule has 3 aromatic rings. The minimum absolute atomic E-state index is 0.253. The van der Waals surface area contributed by atoms with Gasteiger partial charge in [-0.05, 0) is 41.4 Å². The van der Waals surface area contributed by atoms with Crippen molar-refractivity contribution in [3.8, 4) is 0 Å². The van der Waals surface area contributed by atoms with Crippen molar-refractivity contribution in [2.75, 3.05) is 13.1 Å². The summed E-state index contributed by atoms with van der Waals surface area (Å²) in [5.41, 5.74) is 4.34. The summed E-state index contributed by atoms with van der Waals surface area (Å²) in [5, 5.41) is 2.79. The van der Waals surface area contributed by atoms with Crippen LogP contribution >= 0.6 is 0 Å². The topological polar surface area (TPSA) is 66.5 Å². The van der Waals surface area contributed by atoms with Crippen molar-refractivity contribution in [2.45, 2.75) is 39.8 Å². The number of benzene rings is 3. The fourth-order valence-corrected chi connectivity index (χ4v) is 4.02. The van der Waals surface area contributed by atoms with Crippen LogP contribution in [-0.4, -0.2) is 41.5 Å². The van der Waals surface area contributed by atoms with E-state index in [0.29, 0.717) is 5.56 Å². The van der Waals surface area contributed by atoms with Crippen LogP contribution in [-0.2, 0) is 22.6 Å². The van der Waals surface area contributed by atoms with E-state index in [1.807, 2.05) is 54.6 Å². The van der Waals surface area contributed by atoms with Crippen LogP contribution in [0.3, 0.4) is 0 Å². The Kier molecular flexibility index (Phi) is 9.90. The van der Waals surface area contributed by atoms with E-state index in [1.165, 1.54) is 12.5 Å². The lowest BCUT2D eigenvalue weighted by Crippen LogP contribution is -2.45. The summed E-state index contributed by atoms with van der Waals surface area (Å²) in [4.78, 5) is 39.9. The molecular formula is C31H34N2O3. The van der Waals surface area contributed by atoms with Crippen molar-refractivity contribution in [1.82, 2.24) is 10.2 Å². The Morgan fingerprint density at radius 3 is 2.08 bits per heavy atom. The number of ketones is 2. The van der Waals surface area contributed by atoms with Crippen LogP contribution < -0.4 is 5.32 Å². The van der Waals surface area contributed by atoms with E-state index >= 15 is 0 Å². The number of nitrogens with zero attached hydrogens (tertiary/aromatic N) is 1. The summed E-state index contributed by atoms with van der Waals surface area (Å²) in [6.45, 7) is 8.50. The summed E-state index contributed by atoms with van der Waals surface area (Å²) in [6, 6.07) is 24.0. The molecule has 0 saturated heterocycles. The first kappa shape index (κ1) is 26.8. The van der Waals surface area contributed by atoms with E-state index < -0.39 is 17.6 Å². The lowest BCUT2D eigenvalue weighted by atomic mass is 9.99. The molecule has 0 saturated carbocycles. The van der Waals surface area contributed by atoms with Crippen molar-refractivity contribution in [3.05, 3.63) is 107 Å². The lowest BCUT2D eigenvalue weighted by Gasteiger charge is -2.18. The Labute approximate surface area is 213 Å². The molecule has 0 spiro atoms. The quantitative estimate of drug-likeness (QED) is 0.285. The minimum atomic E-state index is -0.923. The fraction of sp³-hybridized carbons (Fsp3) is 0.258. The second-order valence-electron chi connectivity index (χ2n) is 8.76. The summed E-state index contributed by atoms with van der Waals surface area (Å²) in [5.74, 6) is -1.57. The van der Waals surface area contributed by atoms with E-state index in [4.69, 9.17) is 0 Å². The van der Waals surface area contributed by atoms with Gasteiger partial charge in [-0.15, -0.1) is 0 Å². The molecule has 0 radical (unpaired) electrons. The van der Waals surface area contributed by atoms with Crippen LogP contribution in [0.25, 0.3) is 12.2 Å². The van der Waals surface area contributed by atoms with Crippen LogP contribution in [0.5, 0.6) is 0 Å². The Bertz CT molecular complexity index is 1200. The SMILES string of the molecule is CCN(CC)Cc1ccc(/C=C/c2ccccc2C(=O)NC(Cc2ccccc2)C(=O)C(C)=O)cc1. The van der Waals surface area contributed by atoms with Crippen LogP contribution in [0.1, 0.15) is 53.4 Å². The summed E-state index contributed by atoms with van der Waals surface area (Å²) >= 11 is 0. The normalized spacial score (nSPS) is 12.0. The number of rotatable bonds is 12. The Morgan fingerprint density at radius 2 is 1.44 bits per heavy atom. The molecule has 1 atom stereocenters. The number of hydrogen-bond donors (Lipinski definition) is 1. The Morgan fingerprint density at radius 1 is 0.806 bits per heavy atom. The maximum atomic E-state index is 13.2. The van der Waals surface area contributed by atoms with Gasteiger partial charge in [0.05, 0.1) is 6.04 Å². The van der Waals surface area contributed by atoms with Gasteiger partial charge < -0.3 is 5.32 Å². The van der Waals surface area contributed by atoms with E-state index in [9.17, 15) is 14.4 Å². The van der Waals surface area contributed by atoms with Gasteiger partial charge in [-0.2, -0.15) is 0 Å². The predicted molar refractivity (Wildman–Crippen MR) is 146 cm³/mol. The fourth-order valence-electron chi connectivity index (χ4n) is 4.02. The predicted octanol–water partition coefficient (Wildman–Crippen LogP) is 5.20. The average Bonchev–Trinajstić information content (AvgIpc) is 2.91. The van der Waals surface area contributed by atoms with Crippen LogP contribution in [0.15, 0.2) is 78.9 Å². The average molecular weight is 483 g/mol. The monoisotopic (exact) mass is 482 g/mol. The lowest BCUT2D eigenvalue weighted by molar-refractivity contribution is -0.136. The molecule has 0 bridgehead atoms. The second-order valence-corrected chi connectivity index (χ2v) is 8.76. The van der Waals surface area contributed by atoms with Crippen molar-refractivity contribution in [2.24, 2.45) is 0 Å². The number of hydrogen-bond acceptors (Lipinski definition) is 4. The van der Waals surface area contributed by atoms with E-state index in [-0.39, 0.29) is 12.3 Å². The number of Topliss-reactive ketones (excluding diaryl/α,β-unsaturated/α-hetero) is 2. The molecule has 5 heteroatoms. The molecule has 1 N–H and O–H groups in total. The highest BCUT2D eigenvalue weighted by Gasteiger charge is 2.25. The molecule has 1 unspecified atom stereocenters. The van der Waals surface area contributed by atoms with Crippen LogP contribution in [0.2, 0.25) is 0 Å². The number of nitrogens with one attached hydrogen (secondary N) is 1. The third-order valence-electron chi connectivity index (χ3n) is 6.19. The minimum Gasteiger partial charge on any atom is -0.341 e. The molecule has 186 valence electrons. The van der Waals surface area contributed by atoms with E-state index in [2.05, 4.69) is 48.3 Å². The third-order valence-corrected chi connectivity index (χ3v) is 6.19. The zero-order valence-electron chi connectivity index (χ0n) is 21.2. The second kappa shape index (κ2) is 13.3. The van der Waals surface area contributed by atoms with E-state index in [1.54, 1.807) is 12.1 Å². The van der Waals surface area contributed by atoms with Gasteiger partial charge in [0.2, 0.25) is 5.78 Å². The van der Waals surface area contributed by atoms with Crippen molar-refractivity contribution in [3.63, 3.8) is 0 Å². The first-order valence-corrected chi connectivity index (χ1v) is 12.4. The molecule has 0 aromatic heterocycles. The number of carbonyl (C=O) groups is 3. The highest BCUT2D eigenvalue weighted by atomic mass is 16.2. The summed E-state index contributed by atoms with van der Waals surface area (Å²) < 4.78 is 0. The molecular weight excluding hydrogens is 448 g/mol. The highest BCUT2D eigenvalue weighted by Crippen LogP contribution is 2.16. The molecule has 0 heterocycles. The highest BCUT2D eigenvalue weighted by molar-refractivity contribution is 6.38. The van der Waals surface area contributed by atoms with Gasteiger partial charge in [-0.1, -0.05) is 98.8 Å². The molecule has 3 aromatic carbocycles. The van der Waals surface area contributed by atoms with Gasteiger partial charge in [0, 0.05) is 25.5 Å². The van der Waals surface area contributed by atoms with Gasteiger partial charge in [0.25, 0.3) is 5.91 Å². The molecule has 36 heavy (non-hydrogen) atoms. The maximum Gasteiger partial charge on any atom is 0.252 e. The van der Waals surface area contributed by atoms with Crippen LogP contribution in [0, 0.1) is 0 Å². The third kappa shape index (κ3) is 7.59. The van der Waals surface area contributed by atoms with Crippen molar-refractivity contribution in [1.29, 1.82) is 0 Å². The van der Waals surface area contributed by atoms with Crippen LogP contribution in [0.4, 0.5) is 0 Å². The Hall–Kier alpha value is -3.83. The molecule has 0 aliphatic heterocycles. The first-order chi connectivity index (χ1) is 17.4.